The Labute approximate surface area is 81.0 Å². The lowest BCUT2D eigenvalue weighted by Gasteiger charge is -2.23. The third-order valence-corrected chi connectivity index (χ3v) is 2.51. The van der Waals surface area contributed by atoms with E-state index in [0.29, 0.717) is 0 Å². The van der Waals surface area contributed by atoms with Crippen LogP contribution in [0.3, 0.4) is 0 Å². The average Bonchev–Trinajstić information content (AvgIpc) is 1.94. The number of hydrogen-bond acceptors (Lipinski definition) is 1. The topological polar surface area (TPSA) is 26.0 Å². The SMILES string of the molecule is Cc1cc(C)c(C)c(C(C)(C)N)c1. The van der Waals surface area contributed by atoms with E-state index in [1.54, 1.807) is 0 Å². The summed E-state index contributed by atoms with van der Waals surface area (Å²) in [4.78, 5) is 0. The Bertz CT molecular complexity index is 319. The van der Waals surface area contributed by atoms with Gasteiger partial charge in [-0.2, -0.15) is 0 Å². The molecule has 0 fully saturated rings. The number of benzene rings is 1. The van der Waals surface area contributed by atoms with Gasteiger partial charge in [-0.1, -0.05) is 17.7 Å². The molecule has 1 aromatic carbocycles. The van der Waals surface area contributed by atoms with Crippen LogP contribution in [-0.2, 0) is 5.54 Å². The van der Waals surface area contributed by atoms with Crippen molar-refractivity contribution in [1.82, 2.24) is 0 Å². The van der Waals surface area contributed by atoms with Crippen LogP contribution in [0.4, 0.5) is 0 Å². The molecule has 1 rings (SSSR count). The highest BCUT2D eigenvalue weighted by molar-refractivity contribution is 5.40. The van der Waals surface area contributed by atoms with E-state index in [1.165, 1.54) is 22.3 Å². The second-order valence-corrected chi connectivity index (χ2v) is 4.48. The van der Waals surface area contributed by atoms with Crippen molar-refractivity contribution in [3.05, 3.63) is 34.4 Å². The third kappa shape index (κ3) is 2.10. The number of nitrogens with two attached hydrogens (primary N) is 1. The fourth-order valence-electron chi connectivity index (χ4n) is 1.71. The van der Waals surface area contributed by atoms with Crippen molar-refractivity contribution in [3.8, 4) is 0 Å². The van der Waals surface area contributed by atoms with E-state index in [-0.39, 0.29) is 5.54 Å². The lowest BCUT2D eigenvalue weighted by Crippen LogP contribution is -2.30. The Balaban J connectivity index is 3.37. The molecule has 0 aromatic heterocycles. The summed E-state index contributed by atoms with van der Waals surface area (Å²) >= 11 is 0. The Morgan fingerprint density at radius 1 is 1.08 bits per heavy atom. The maximum absolute atomic E-state index is 6.10. The fourth-order valence-corrected chi connectivity index (χ4v) is 1.71. The summed E-state index contributed by atoms with van der Waals surface area (Å²) < 4.78 is 0. The molecule has 0 aliphatic carbocycles. The van der Waals surface area contributed by atoms with Crippen LogP contribution < -0.4 is 5.73 Å². The van der Waals surface area contributed by atoms with Crippen molar-refractivity contribution < 1.29 is 0 Å². The average molecular weight is 177 g/mol. The highest BCUT2D eigenvalue weighted by Crippen LogP contribution is 2.24. The quantitative estimate of drug-likeness (QED) is 0.701. The van der Waals surface area contributed by atoms with Crippen LogP contribution in [0, 0.1) is 20.8 Å². The first-order valence-corrected chi connectivity index (χ1v) is 4.69. The molecule has 1 heteroatoms. The summed E-state index contributed by atoms with van der Waals surface area (Å²) in [6.45, 7) is 10.5. The standard InChI is InChI=1S/C12H19N/c1-8-6-9(2)10(3)11(7-8)12(4,5)13/h6-7H,13H2,1-5H3. The van der Waals surface area contributed by atoms with Crippen molar-refractivity contribution in [3.63, 3.8) is 0 Å². The first kappa shape index (κ1) is 10.3. The minimum atomic E-state index is -0.235. The van der Waals surface area contributed by atoms with Crippen LogP contribution in [0.1, 0.15) is 36.1 Å². The van der Waals surface area contributed by atoms with Gasteiger partial charge >= 0.3 is 0 Å². The molecule has 0 spiro atoms. The predicted octanol–water partition coefficient (Wildman–Crippen LogP) is 2.81. The van der Waals surface area contributed by atoms with E-state index in [1.807, 2.05) is 13.8 Å². The summed E-state index contributed by atoms with van der Waals surface area (Å²) in [5, 5.41) is 0. The van der Waals surface area contributed by atoms with Gasteiger partial charge in [0.2, 0.25) is 0 Å². The van der Waals surface area contributed by atoms with Gasteiger partial charge in [-0.25, -0.2) is 0 Å². The summed E-state index contributed by atoms with van der Waals surface area (Å²) in [7, 11) is 0. The van der Waals surface area contributed by atoms with E-state index < -0.39 is 0 Å². The molecular weight excluding hydrogens is 158 g/mol. The molecule has 1 aromatic rings. The van der Waals surface area contributed by atoms with Crippen LogP contribution in [0.5, 0.6) is 0 Å². The molecule has 0 aliphatic heterocycles. The van der Waals surface area contributed by atoms with Crippen molar-refractivity contribution >= 4 is 0 Å². The van der Waals surface area contributed by atoms with E-state index in [9.17, 15) is 0 Å². The zero-order valence-electron chi connectivity index (χ0n) is 9.23. The minimum absolute atomic E-state index is 0.235. The van der Waals surface area contributed by atoms with E-state index in [2.05, 4.69) is 32.9 Å². The summed E-state index contributed by atoms with van der Waals surface area (Å²) in [5.74, 6) is 0. The maximum atomic E-state index is 6.10. The number of aryl methyl sites for hydroxylation is 2. The summed E-state index contributed by atoms with van der Waals surface area (Å²) in [5.41, 5.74) is 11.0. The molecule has 0 aliphatic rings. The predicted molar refractivity (Wildman–Crippen MR) is 57.9 cm³/mol. The molecule has 0 heterocycles. The Morgan fingerprint density at radius 3 is 2.08 bits per heavy atom. The van der Waals surface area contributed by atoms with Crippen LogP contribution in [-0.4, -0.2) is 0 Å². The summed E-state index contributed by atoms with van der Waals surface area (Å²) in [6.07, 6.45) is 0. The van der Waals surface area contributed by atoms with Gasteiger partial charge in [0.05, 0.1) is 0 Å². The van der Waals surface area contributed by atoms with Gasteiger partial charge in [-0.3, -0.25) is 0 Å². The number of rotatable bonds is 1. The Kier molecular flexibility index (Phi) is 2.49. The normalized spacial score (nSPS) is 11.8. The summed E-state index contributed by atoms with van der Waals surface area (Å²) in [6, 6.07) is 4.38. The molecule has 0 bridgehead atoms. The van der Waals surface area contributed by atoms with E-state index in [0.717, 1.165) is 0 Å². The fraction of sp³-hybridized carbons (Fsp3) is 0.500. The van der Waals surface area contributed by atoms with Crippen molar-refractivity contribution in [2.24, 2.45) is 5.73 Å². The molecule has 2 N–H and O–H groups in total. The molecule has 0 saturated heterocycles. The van der Waals surface area contributed by atoms with Crippen LogP contribution in [0.2, 0.25) is 0 Å². The van der Waals surface area contributed by atoms with Crippen LogP contribution in [0.15, 0.2) is 12.1 Å². The van der Waals surface area contributed by atoms with E-state index in [4.69, 9.17) is 5.73 Å². The smallest absolute Gasteiger partial charge is 0.0355 e. The van der Waals surface area contributed by atoms with Crippen LogP contribution >= 0.6 is 0 Å². The highest BCUT2D eigenvalue weighted by Gasteiger charge is 2.17. The Hall–Kier alpha value is -0.820. The molecule has 0 unspecified atom stereocenters. The van der Waals surface area contributed by atoms with Gasteiger partial charge in [0.15, 0.2) is 0 Å². The zero-order valence-corrected chi connectivity index (χ0v) is 9.23. The van der Waals surface area contributed by atoms with Gasteiger partial charge in [-0.15, -0.1) is 0 Å². The van der Waals surface area contributed by atoms with Gasteiger partial charge < -0.3 is 5.73 Å². The molecule has 0 amide bonds. The molecule has 0 radical (unpaired) electrons. The first-order valence-electron chi connectivity index (χ1n) is 4.69. The largest absolute Gasteiger partial charge is 0.322 e. The molecule has 1 nitrogen and oxygen atoms in total. The second-order valence-electron chi connectivity index (χ2n) is 4.48. The van der Waals surface area contributed by atoms with Gasteiger partial charge in [0.25, 0.3) is 0 Å². The number of hydrogen-bond donors (Lipinski definition) is 1. The second kappa shape index (κ2) is 3.15. The van der Waals surface area contributed by atoms with E-state index >= 15 is 0 Å². The van der Waals surface area contributed by atoms with Crippen molar-refractivity contribution in [1.29, 1.82) is 0 Å². The molecule has 0 atom stereocenters. The molecule has 13 heavy (non-hydrogen) atoms. The highest BCUT2D eigenvalue weighted by atomic mass is 14.7. The lowest BCUT2D eigenvalue weighted by molar-refractivity contribution is 0.549. The first-order chi connectivity index (χ1) is 5.82. The van der Waals surface area contributed by atoms with Gasteiger partial charge in [0.1, 0.15) is 0 Å². The minimum Gasteiger partial charge on any atom is -0.322 e. The molecular formula is C12H19N. The zero-order chi connectivity index (χ0) is 10.2. The van der Waals surface area contributed by atoms with Crippen molar-refractivity contribution in [2.75, 3.05) is 0 Å². The van der Waals surface area contributed by atoms with Crippen LogP contribution in [0.25, 0.3) is 0 Å². The van der Waals surface area contributed by atoms with Gasteiger partial charge in [0, 0.05) is 5.54 Å². The van der Waals surface area contributed by atoms with Gasteiger partial charge in [-0.05, 0) is 51.3 Å². The third-order valence-electron chi connectivity index (χ3n) is 2.51. The monoisotopic (exact) mass is 177 g/mol. The lowest BCUT2D eigenvalue weighted by atomic mass is 9.88. The molecule has 72 valence electrons. The molecule has 0 saturated carbocycles. The Morgan fingerprint density at radius 2 is 1.62 bits per heavy atom. The maximum Gasteiger partial charge on any atom is 0.0355 e. The van der Waals surface area contributed by atoms with Crippen molar-refractivity contribution in [2.45, 2.75) is 40.2 Å².